The number of nitrogens with zero attached hydrogens (tertiary/aromatic N) is 4. The Hall–Kier alpha value is -0.750. The molecule has 0 saturated carbocycles. The van der Waals surface area contributed by atoms with Crippen molar-refractivity contribution in [2.45, 2.75) is 13.0 Å². The molecular weight excluding hydrogens is 226 g/mol. The zero-order chi connectivity index (χ0) is 11.3. The van der Waals surface area contributed by atoms with Gasteiger partial charge in [0, 0.05) is 32.2 Å². The molecule has 1 aromatic heterocycles. The van der Waals surface area contributed by atoms with Gasteiger partial charge in [-0.05, 0) is 0 Å². The highest BCUT2D eigenvalue weighted by molar-refractivity contribution is 6.18. The molecule has 0 aliphatic rings. The van der Waals surface area contributed by atoms with E-state index in [1.807, 2.05) is 0 Å². The predicted octanol–water partition coefficient (Wildman–Crippen LogP) is 1.12. The molecule has 15 heavy (non-hydrogen) atoms. The van der Waals surface area contributed by atoms with Gasteiger partial charge in [-0.15, -0.1) is 16.7 Å². The number of aryl methyl sites for hydroxylation is 1. The van der Waals surface area contributed by atoms with Crippen LogP contribution in [-0.4, -0.2) is 45.3 Å². The van der Waals surface area contributed by atoms with Crippen LogP contribution >= 0.6 is 11.6 Å². The Balaban J connectivity index is 2.50. The molecule has 7 heteroatoms. The third-order valence-electron chi connectivity index (χ3n) is 1.83. The van der Waals surface area contributed by atoms with Gasteiger partial charge in [-0.3, -0.25) is 9.58 Å². The van der Waals surface area contributed by atoms with Gasteiger partial charge >= 0.3 is 0 Å². The molecule has 1 aromatic rings. The maximum Gasteiger partial charge on any atom is 0.251 e. The first-order chi connectivity index (χ1) is 7.11. The summed E-state index contributed by atoms with van der Waals surface area (Å²) in [5, 5.41) is 7.56. The lowest BCUT2D eigenvalue weighted by molar-refractivity contribution is 0.0872. The maximum absolute atomic E-state index is 12.2. The average Bonchev–Trinajstić information content (AvgIpc) is 2.50. The highest BCUT2D eigenvalue weighted by Crippen LogP contribution is 2.04. The Labute approximate surface area is 91.8 Å². The molecule has 1 heterocycles. The molecule has 0 atom stereocenters. The third kappa shape index (κ3) is 4.53. The number of alkyl halides is 3. The van der Waals surface area contributed by atoms with Crippen molar-refractivity contribution in [3.8, 4) is 0 Å². The van der Waals surface area contributed by atoms with Crippen molar-refractivity contribution < 1.29 is 8.78 Å². The molecule has 86 valence electrons. The minimum atomic E-state index is -2.36. The summed E-state index contributed by atoms with van der Waals surface area (Å²) >= 11 is 5.52. The van der Waals surface area contributed by atoms with E-state index < -0.39 is 6.43 Å². The average molecular weight is 239 g/mol. The van der Waals surface area contributed by atoms with Crippen LogP contribution in [0.1, 0.15) is 5.69 Å². The molecule has 0 fully saturated rings. The van der Waals surface area contributed by atoms with Crippen molar-refractivity contribution in [1.29, 1.82) is 0 Å². The first kappa shape index (κ1) is 12.3. The first-order valence-corrected chi connectivity index (χ1v) is 5.07. The van der Waals surface area contributed by atoms with Crippen molar-refractivity contribution in [2.24, 2.45) is 7.05 Å². The van der Waals surface area contributed by atoms with E-state index >= 15 is 0 Å². The van der Waals surface area contributed by atoms with E-state index in [1.54, 1.807) is 18.1 Å². The molecular formula is C8H13ClF2N4. The molecule has 0 aromatic carbocycles. The van der Waals surface area contributed by atoms with E-state index in [1.165, 1.54) is 4.68 Å². The lowest BCUT2D eigenvalue weighted by atomic mass is 10.4. The van der Waals surface area contributed by atoms with Crippen LogP contribution in [0.25, 0.3) is 0 Å². The minimum Gasteiger partial charge on any atom is -0.291 e. The summed E-state index contributed by atoms with van der Waals surface area (Å²) in [6.07, 6.45) is -0.655. The Morgan fingerprint density at radius 2 is 2.33 bits per heavy atom. The molecule has 4 nitrogen and oxygen atoms in total. The van der Waals surface area contributed by atoms with E-state index in [0.29, 0.717) is 24.7 Å². The van der Waals surface area contributed by atoms with Crippen LogP contribution < -0.4 is 0 Å². The summed E-state index contributed by atoms with van der Waals surface area (Å²) in [6, 6.07) is 0. The van der Waals surface area contributed by atoms with E-state index in [4.69, 9.17) is 11.6 Å². The molecule has 0 aliphatic heterocycles. The zero-order valence-corrected chi connectivity index (χ0v) is 9.16. The van der Waals surface area contributed by atoms with Gasteiger partial charge in [-0.25, -0.2) is 8.78 Å². The summed E-state index contributed by atoms with van der Waals surface area (Å²) in [6.45, 7) is 0.483. The largest absolute Gasteiger partial charge is 0.291 e. The number of hydrogen-bond acceptors (Lipinski definition) is 3. The third-order valence-corrected chi connectivity index (χ3v) is 2.00. The lowest BCUT2D eigenvalue weighted by Crippen LogP contribution is -2.30. The molecule has 1 rings (SSSR count). The SMILES string of the molecule is Cn1cc(CN(CCCl)CC(F)F)nn1. The van der Waals surface area contributed by atoms with E-state index in [-0.39, 0.29) is 6.54 Å². The molecule has 0 aliphatic carbocycles. The second kappa shape index (κ2) is 5.97. The number of halogens is 3. The van der Waals surface area contributed by atoms with Gasteiger partial charge < -0.3 is 0 Å². The Kier molecular flexibility index (Phi) is 4.90. The highest BCUT2D eigenvalue weighted by Gasteiger charge is 2.13. The van der Waals surface area contributed by atoms with Crippen LogP contribution in [-0.2, 0) is 13.6 Å². The summed E-state index contributed by atoms with van der Waals surface area (Å²) in [5.41, 5.74) is 0.670. The number of hydrogen-bond donors (Lipinski definition) is 0. The van der Waals surface area contributed by atoms with Crippen molar-refractivity contribution >= 4 is 11.6 Å². The predicted molar refractivity (Wildman–Crippen MR) is 53.0 cm³/mol. The molecule has 0 unspecified atom stereocenters. The van der Waals surface area contributed by atoms with Gasteiger partial charge in [0.15, 0.2) is 0 Å². The van der Waals surface area contributed by atoms with Gasteiger partial charge in [0.2, 0.25) is 0 Å². The normalized spacial score (nSPS) is 11.6. The molecule has 0 radical (unpaired) electrons. The molecule has 0 spiro atoms. The summed E-state index contributed by atoms with van der Waals surface area (Å²) in [4.78, 5) is 1.56. The number of aromatic nitrogens is 3. The maximum atomic E-state index is 12.2. The summed E-state index contributed by atoms with van der Waals surface area (Å²) in [7, 11) is 1.73. The lowest BCUT2D eigenvalue weighted by Gasteiger charge is -2.18. The van der Waals surface area contributed by atoms with E-state index in [0.717, 1.165) is 0 Å². The first-order valence-electron chi connectivity index (χ1n) is 4.53. The van der Waals surface area contributed by atoms with Gasteiger partial charge in [0.1, 0.15) is 0 Å². The fourth-order valence-corrected chi connectivity index (χ4v) is 1.49. The topological polar surface area (TPSA) is 34.0 Å². The van der Waals surface area contributed by atoms with Crippen LogP contribution in [0, 0.1) is 0 Å². The van der Waals surface area contributed by atoms with Gasteiger partial charge in [0.05, 0.1) is 12.2 Å². The molecule has 0 N–H and O–H groups in total. The smallest absolute Gasteiger partial charge is 0.251 e. The van der Waals surface area contributed by atoms with Crippen molar-refractivity contribution in [3.63, 3.8) is 0 Å². The van der Waals surface area contributed by atoms with Gasteiger partial charge in [-0.2, -0.15) is 0 Å². The quantitative estimate of drug-likeness (QED) is 0.697. The van der Waals surface area contributed by atoms with Gasteiger partial charge in [-0.1, -0.05) is 5.21 Å². The van der Waals surface area contributed by atoms with Crippen LogP contribution in [0.3, 0.4) is 0 Å². The molecule has 0 saturated heterocycles. The number of rotatable bonds is 6. The molecule has 0 bridgehead atoms. The summed E-state index contributed by atoms with van der Waals surface area (Å²) < 4.78 is 25.9. The Morgan fingerprint density at radius 3 is 2.80 bits per heavy atom. The Morgan fingerprint density at radius 1 is 1.60 bits per heavy atom. The van der Waals surface area contributed by atoms with Crippen LogP contribution in [0.15, 0.2) is 6.20 Å². The van der Waals surface area contributed by atoms with Gasteiger partial charge in [0.25, 0.3) is 6.43 Å². The van der Waals surface area contributed by atoms with E-state index in [2.05, 4.69) is 10.3 Å². The second-order valence-electron chi connectivity index (χ2n) is 3.20. The second-order valence-corrected chi connectivity index (χ2v) is 3.58. The van der Waals surface area contributed by atoms with Crippen LogP contribution in [0.5, 0.6) is 0 Å². The van der Waals surface area contributed by atoms with Crippen molar-refractivity contribution in [2.75, 3.05) is 19.0 Å². The van der Waals surface area contributed by atoms with Crippen molar-refractivity contribution in [3.05, 3.63) is 11.9 Å². The van der Waals surface area contributed by atoms with Crippen LogP contribution in [0.4, 0.5) is 8.78 Å². The monoisotopic (exact) mass is 238 g/mol. The Bertz CT molecular complexity index is 292. The highest BCUT2D eigenvalue weighted by atomic mass is 35.5. The van der Waals surface area contributed by atoms with Crippen LogP contribution in [0.2, 0.25) is 0 Å². The zero-order valence-electron chi connectivity index (χ0n) is 8.41. The van der Waals surface area contributed by atoms with E-state index in [9.17, 15) is 8.78 Å². The summed E-state index contributed by atoms with van der Waals surface area (Å²) in [5.74, 6) is 0.326. The fraction of sp³-hybridized carbons (Fsp3) is 0.750. The van der Waals surface area contributed by atoms with Crippen molar-refractivity contribution in [1.82, 2.24) is 19.9 Å². The minimum absolute atomic E-state index is 0.288. The standard InChI is InChI=1S/C8H13ClF2N4/c1-14-4-7(12-13-14)5-15(3-2-9)6-8(10)11/h4,8H,2-3,5-6H2,1H3. The fourth-order valence-electron chi connectivity index (χ4n) is 1.25. The molecule has 0 amide bonds.